The van der Waals surface area contributed by atoms with Crippen molar-refractivity contribution in [2.75, 3.05) is 0 Å². The number of rotatable bonds is 5. The van der Waals surface area contributed by atoms with Gasteiger partial charge in [0.2, 0.25) is 0 Å². The van der Waals surface area contributed by atoms with Crippen LogP contribution in [0.2, 0.25) is 0 Å². The van der Waals surface area contributed by atoms with Crippen LogP contribution in [0.5, 0.6) is 0 Å². The molecule has 5 aromatic rings. The van der Waals surface area contributed by atoms with E-state index in [1.165, 1.54) is 11.3 Å². The molecule has 0 aliphatic heterocycles. The fourth-order valence-electron chi connectivity index (χ4n) is 3.29. The van der Waals surface area contributed by atoms with Gasteiger partial charge in [0, 0.05) is 28.2 Å². The van der Waals surface area contributed by atoms with E-state index in [4.69, 9.17) is 4.98 Å². The molecule has 0 bridgehead atoms. The van der Waals surface area contributed by atoms with Gasteiger partial charge in [-0.15, -0.1) is 22.7 Å². The first-order chi connectivity index (χ1) is 13.7. The highest BCUT2D eigenvalue weighted by molar-refractivity contribution is 7.18. The summed E-state index contributed by atoms with van der Waals surface area (Å²) in [5, 5.41) is 6.86. The molecule has 0 saturated heterocycles. The number of hydrogen-bond acceptors (Lipinski definition) is 5. The standard InChI is InChI=1S/C20H17N5OS2/c1-12(21-9-13-10-25-7-3-2-6-16(25)22-13)18-23-19(26)17-14(11-28-20(17)24-18)15-5-4-8-27-15/h2-8,10-12,21H,9H2,1H3,(H,23,24,26)/p+1/t12-/m0/s1. The molecule has 0 aromatic carbocycles. The largest absolute Gasteiger partial charge is 0.333 e. The van der Waals surface area contributed by atoms with Crippen molar-refractivity contribution in [2.24, 2.45) is 0 Å². The Morgan fingerprint density at radius 3 is 2.96 bits per heavy atom. The number of aromatic nitrogens is 4. The molecule has 0 unspecified atom stereocenters. The Labute approximate surface area is 168 Å². The zero-order valence-corrected chi connectivity index (χ0v) is 16.8. The fraction of sp³-hybridized carbons (Fsp3) is 0.150. The Morgan fingerprint density at radius 2 is 2.14 bits per heavy atom. The van der Waals surface area contributed by atoms with Gasteiger partial charge in [-0.05, 0) is 30.5 Å². The summed E-state index contributed by atoms with van der Waals surface area (Å²) >= 11 is 3.15. The third kappa shape index (κ3) is 3.05. The van der Waals surface area contributed by atoms with Crippen LogP contribution < -0.4 is 10.9 Å². The Balaban J connectivity index is 1.40. The third-order valence-corrected chi connectivity index (χ3v) is 6.55. The molecule has 5 aromatic heterocycles. The van der Waals surface area contributed by atoms with Crippen molar-refractivity contribution < 1.29 is 5.32 Å². The van der Waals surface area contributed by atoms with Gasteiger partial charge >= 0.3 is 0 Å². The Hall–Kier alpha value is -2.81. The topological polar surface area (TPSA) is 79.7 Å². The van der Waals surface area contributed by atoms with Crippen molar-refractivity contribution >= 4 is 38.5 Å². The van der Waals surface area contributed by atoms with E-state index in [1.54, 1.807) is 11.3 Å². The smallest absolute Gasteiger partial charge is 0.260 e. The molecule has 8 heteroatoms. The predicted molar refractivity (Wildman–Crippen MR) is 113 cm³/mol. The van der Waals surface area contributed by atoms with Gasteiger partial charge in [-0.1, -0.05) is 12.1 Å². The predicted octanol–water partition coefficient (Wildman–Crippen LogP) is 3.19. The Kier molecular flexibility index (Phi) is 4.31. The maximum atomic E-state index is 12.8. The van der Waals surface area contributed by atoms with Gasteiger partial charge in [0.15, 0.2) is 5.82 Å². The minimum absolute atomic E-state index is 0.0224. The summed E-state index contributed by atoms with van der Waals surface area (Å²) in [6, 6.07) is 10.0. The van der Waals surface area contributed by atoms with E-state index in [2.05, 4.69) is 15.3 Å². The molecule has 3 N–H and O–H groups in total. The highest BCUT2D eigenvalue weighted by Gasteiger charge is 2.18. The Bertz CT molecular complexity index is 1280. The molecule has 28 heavy (non-hydrogen) atoms. The van der Waals surface area contributed by atoms with Crippen LogP contribution in [0.15, 0.2) is 58.3 Å². The van der Waals surface area contributed by atoms with E-state index in [9.17, 15) is 4.79 Å². The number of quaternary nitrogens is 1. The van der Waals surface area contributed by atoms with Crippen LogP contribution >= 0.6 is 22.7 Å². The maximum Gasteiger partial charge on any atom is 0.260 e. The molecule has 0 aliphatic carbocycles. The van der Waals surface area contributed by atoms with Gasteiger partial charge in [-0.3, -0.25) is 4.79 Å². The van der Waals surface area contributed by atoms with E-state index in [-0.39, 0.29) is 11.6 Å². The average molecular weight is 409 g/mol. The zero-order valence-electron chi connectivity index (χ0n) is 15.1. The number of thiophene rings is 2. The molecule has 140 valence electrons. The second-order valence-corrected chi connectivity index (χ2v) is 8.49. The molecular weight excluding hydrogens is 390 g/mol. The van der Waals surface area contributed by atoms with E-state index >= 15 is 0 Å². The highest BCUT2D eigenvalue weighted by Crippen LogP contribution is 2.33. The highest BCUT2D eigenvalue weighted by atomic mass is 32.1. The molecule has 0 amide bonds. The fourth-order valence-corrected chi connectivity index (χ4v) is 5.06. The molecular formula is C20H18N5OS2+. The van der Waals surface area contributed by atoms with Crippen LogP contribution in [0.4, 0.5) is 0 Å². The lowest BCUT2D eigenvalue weighted by atomic mass is 10.2. The summed E-state index contributed by atoms with van der Waals surface area (Å²) in [7, 11) is 0. The van der Waals surface area contributed by atoms with E-state index < -0.39 is 0 Å². The zero-order chi connectivity index (χ0) is 19.1. The van der Waals surface area contributed by atoms with Crippen LogP contribution in [0, 0.1) is 0 Å². The molecule has 5 heterocycles. The van der Waals surface area contributed by atoms with Crippen molar-refractivity contribution in [1.29, 1.82) is 0 Å². The first kappa shape index (κ1) is 17.3. The number of fused-ring (bicyclic) bond motifs is 2. The lowest BCUT2D eigenvalue weighted by Crippen LogP contribution is -2.83. The molecule has 5 rings (SSSR count). The van der Waals surface area contributed by atoms with Crippen molar-refractivity contribution in [3.05, 3.63) is 75.4 Å². The number of imidazole rings is 1. The summed E-state index contributed by atoms with van der Waals surface area (Å²) in [5.74, 6) is 0.695. The number of nitrogens with one attached hydrogen (secondary N) is 1. The van der Waals surface area contributed by atoms with Crippen molar-refractivity contribution in [3.8, 4) is 10.4 Å². The summed E-state index contributed by atoms with van der Waals surface area (Å²) < 4.78 is 2.01. The van der Waals surface area contributed by atoms with Crippen LogP contribution in [0.1, 0.15) is 24.5 Å². The van der Waals surface area contributed by atoms with E-state index in [0.29, 0.717) is 11.2 Å². The molecule has 1 atom stereocenters. The van der Waals surface area contributed by atoms with Crippen molar-refractivity contribution in [2.45, 2.75) is 19.5 Å². The van der Waals surface area contributed by atoms with E-state index in [0.717, 1.165) is 33.2 Å². The lowest BCUT2D eigenvalue weighted by Gasteiger charge is -2.09. The minimum atomic E-state index is -0.0716. The number of hydrogen-bond donors (Lipinski definition) is 2. The number of pyridine rings is 1. The molecule has 0 aliphatic rings. The van der Waals surface area contributed by atoms with Crippen LogP contribution in [-0.4, -0.2) is 19.4 Å². The molecule has 6 nitrogen and oxygen atoms in total. The van der Waals surface area contributed by atoms with Gasteiger partial charge in [0.1, 0.15) is 28.8 Å². The van der Waals surface area contributed by atoms with Crippen LogP contribution in [-0.2, 0) is 6.54 Å². The summed E-state index contributed by atoms with van der Waals surface area (Å²) in [5.41, 5.74) is 2.83. The van der Waals surface area contributed by atoms with Crippen LogP contribution in [0.25, 0.3) is 26.3 Å². The Morgan fingerprint density at radius 1 is 1.21 bits per heavy atom. The van der Waals surface area contributed by atoms with Gasteiger partial charge in [0.25, 0.3) is 5.56 Å². The second-order valence-electron chi connectivity index (χ2n) is 6.68. The quantitative estimate of drug-likeness (QED) is 0.469. The number of nitrogens with zero attached hydrogens (tertiary/aromatic N) is 3. The van der Waals surface area contributed by atoms with Crippen molar-refractivity contribution in [1.82, 2.24) is 19.4 Å². The average Bonchev–Trinajstić information content (AvgIpc) is 3.43. The SMILES string of the molecule is C[C@H]([NH2+]Cc1cn2ccccc2n1)c1nc2scc(-c3cccs3)c2c(=O)[nH]1. The first-order valence-corrected chi connectivity index (χ1v) is 10.8. The van der Waals surface area contributed by atoms with Gasteiger partial charge in [-0.25, -0.2) is 9.97 Å². The number of aromatic amines is 1. The maximum absolute atomic E-state index is 12.8. The second kappa shape index (κ2) is 6.97. The van der Waals surface area contributed by atoms with E-state index in [1.807, 2.05) is 64.8 Å². The minimum Gasteiger partial charge on any atom is -0.333 e. The summed E-state index contributed by atoms with van der Waals surface area (Å²) in [6.07, 6.45) is 4.02. The van der Waals surface area contributed by atoms with Gasteiger partial charge < -0.3 is 14.7 Å². The molecule has 0 fully saturated rings. The lowest BCUT2D eigenvalue weighted by molar-refractivity contribution is -0.709. The molecule has 0 saturated carbocycles. The first-order valence-electron chi connectivity index (χ1n) is 9.00. The monoisotopic (exact) mass is 408 g/mol. The summed E-state index contributed by atoms with van der Waals surface area (Å²) in [6.45, 7) is 2.77. The molecule has 0 radical (unpaired) electrons. The van der Waals surface area contributed by atoms with Crippen LogP contribution in [0.3, 0.4) is 0 Å². The number of H-pyrrole nitrogens is 1. The van der Waals surface area contributed by atoms with Gasteiger partial charge in [0.05, 0.1) is 5.39 Å². The van der Waals surface area contributed by atoms with Gasteiger partial charge in [-0.2, -0.15) is 0 Å². The molecule has 0 spiro atoms. The summed E-state index contributed by atoms with van der Waals surface area (Å²) in [4.78, 5) is 27.0. The normalized spacial score (nSPS) is 12.8. The van der Waals surface area contributed by atoms with Crippen molar-refractivity contribution in [3.63, 3.8) is 0 Å². The number of nitrogens with two attached hydrogens (primary N) is 1. The third-order valence-electron chi connectivity index (χ3n) is 4.77.